The van der Waals surface area contributed by atoms with Gasteiger partial charge in [-0.15, -0.1) is 0 Å². The lowest BCUT2D eigenvalue weighted by atomic mass is 9.87. The molecule has 1 atom stereocenters. The van der Waals surface area contributed by atoms with Gasteiger partial charge in [0, 0.05) is 18.3 Å². The molecule has 0 fully saturated rings. The fourth-order valence-corrected chi connectivity index (χ4v) is 2.36. The predicted molar refractivity (Wildman–Crippen MR) is 61.5 cm³/mol. The first-order chi connectivity index (χ1) is 6.88. The molecule has 0 spiro atoms. The Labute approximate surface area is 86.6 Å². The van der Waals surface area contributed by atoms with E-state index in [4.69, 9.17) is 0 Å². The molecule has 1 aliphatic heterocycles. The van der Waals surface area contributed by atoms with Crippen LogP contribution in [-0.4, -0.2) is 6.21 Å². The molecule has 1 heteroatoms. The van der Waals surface area contributed by atoms with Crippen molar-refractivity contribution in [2.75, 3.05) is 0 Å². The van der Waals surface area contributed by atoms with Crippen LogP contribution in [0.2, 0.25) is 0 Å². The Morgan fingerprint density at radius 3 is 3.14 bits per heavy atom. The molecule has 14 heavy (non-hydrogen) atoms. The van der Waals surface area contributed by atoms with Crippen LogP contribution >= 0.6 is 0 Å². The van der Waals surface area contributed by atoms with Crippen molar-refractivity contribution in [2.24, 2.45) is 10.9 Å². The molecule has 0 saturated heterocycles. The van der Waals surface area contributed by atoms with Gasteiger partial charge >= 0.3 is 0 Å². The van der Waals surface area contributed by atoms with Crippen molar-refractivity contribution in [1.82, 2.24) is 0 Å². The summed E-state index contributed by atoms with van der Waals surface area (Å²) in [6.07, 6.45) is 14.3. The van der Waals surface area contributed by atoms with Crippen LogP contribution in [0.15, 0.2) is 28.4 Å². The molecule has 0 bridgehead atoms. The molecule has 1 nitrogen and oxygen atoms in total. The van der Waals surface area contributed by atoms with Gasteiger partial charge in [-0.05, 0) is 38.0 Å². The van der Waals surface area contributed by atoms with Gasteiger partial charge in [0.2, 0.25) is 0 Å². The van der Waals surface area contributed by atoms with Crippen molar-refractivity contribution in [2.45, 2.75) is 45.4 Å². The smallest absolute Gasteiger partial charge is 0.0369 e. The van der Waals surface area contributed by atoms with Gasteiger partial charge in [0.25, 0.3) is 0 Å². The highest BCUT2D eigenvalue weighted by molar-refractivity contribution is 5.64. The monoisotopic (exact) mass is 189 g/mol. The second-order valence-electron chi connectivity index (χ2n) is 4.28. The van der Waals surface area contributed by atoms with Crippen LogP contribution in [0.3, 0.4) is 0 Å². The first-order valence-electron chi connectivity index (χ1n) is 5.79. The molecule has 0 N–H and O–H groups in total. The minimum absolute atomic E-state index is 0.764. The summed E-state index contributed by atoms with van der Waals surface area (Å²) in [5.74, 6) is 0.764. The van der Waals surface area contributed by atoms with Crippen molar-refractivity contribution in [3.05, 3.63) is 23.4 Å². The molecule has 1 unspecified atom stereocenters. The molecule has 2 rings (SSSR count). The third kappa shape index (κ3) is 2.34. The first-order valence-corrected chi connectivity index (χ1v) is 5.79. The molecule has 2 aliphatic rings. The molecule has 1 aliphatic carbocycles. The number of allylic oxidation sites excluding steroid dienone is 4. The van der Waals surface area contributed by atoms with Gasteiger partial charge in [-0.1, -0.05) is 24.6 Å². The van der Waals surface area contributed by atoms with Crippen LogP contribution < -0.4 is 0 Å². The molecule has 0 amide bonds. The van der Waals surface area contributed by atoms with E-state index in [0.29, 0.717) is 0 Å². The normalized spacial score (nSPS) is 26.2. The standard InChI is InChI=1S/C13H19N/c1-2-11-5-3-6-12(9-11)10-13-7-4-8-14-13/h7-9,12H,2-6,10H2,1H3. The zero-order valence-corrected chi connectivity index (χ0v) is 9.00. The fourth-order valence-electron chi connectivity index (χ4n) is 2.36. The lowest BCUT2D eigenvalue weighted by molar-refractivity contribution is 0.517. The van der Waals surface area contributed by atoms with E-state index < -0.39 is 0 Å². The average molecular weight is 189 g/mol. The summed E-state index contributed by atoms with van der Waals surface area (Å²) in [6, 6.07) is 0. The number of nitrogens with zero attached hydrogens (tertiary/aromatic N) is 1. The van der Waals surface area contributed by atoms with E-state index in [1.165, 1.54) is 37.8 Å². The quantitative estimate of drug-likeness (QED) is 0.598. The van der Waals surface area contributed by atoms with E-state index in [9.17, 15) is 0 Å². The van der Waals surface area contributed by atoms with Crippen molar-refractivity contribution in [3.63, 3.8) is 0 Å². The van der Waals surface area contributed by atoms with Crippen molar-refractivity contribution in [3.8, 4) is 0 Å². The van der Waals surface area contributed by atoms with Crippen LogP contribution in [-0.2, 0) is 0 Å². The van der Waals surface area contributed by atoms with Gasteiger partial charge in [0.15, 0.2) is 0 Å². The maximum absolute atomic E-state index is 4.39. The Balaban J connectivity index is 1.94. The maximum atomic E-state index is 4.39. The van der Waals surface area contributed by atoms with E-state index >= 15 is 0 Å². The molecule has 0 radical (unpaired) electrons. The SMILES string of the molecule is CCC1=CC(CC2=CCC=N2)CCC1. The summed E-state index contributed by atoms with van der Waals surface area (Å²) >= 11 is 0. The topological polar surface area (TPSA) is 12.4 Å². The second-order valence-corrected chi connectivity index (χ2v) is 4.28. The number of hydrogen-bond acceptors (Lipinski definition) is 1. The Morgan fingerprint density at radius 2 is 2.43 bits per heavy atom. The van der Waals surface area contributed by atoms with Crippen LogP contribution in [0, 0.1) is 5.92 Å². The van der Waals surface area contributed by atoms with Crippen molar-refractivity contribution < 1.29 is 0 Å². The zero-order chi connectivity index (χ0) is 9.80. The summed E-state index contributed by atoms with van der Waals surface area (Å²) in [7, 11) is 0. The third-order valence-corrected chi connectivity index (χ3v) is 3.19. The van der Waals surface area contributed by atoms with Gasteiger partial charge in [-0.2, -0.15) is 0 Å². The lowest BCUT2D eigenvalue weighted by Gasteiger charge is -2.20. The summed E-state index contributed by atoms with van der Waals surface area (Å²) in [6.45, 7) is 2.27. The molecule has 1 heterocycles. The van der Waals surface area contributed by atoms with Gasteiger partial charge < -0.3 is 0 Å². The Kier molecular flexibility index (Phi) is 3.18. The van der Waals surface area contributed by atoms with E-state index in [-0.39, 0.29) is 0 Å². The lowest BCUT2D eigenvalue weighted by Crippen LogP contribution is -2.04. The summed E-state index contributed by atoms with van der Waals surface area (Å²) in [5, 5.41) is 0. The highest BCUT2D eigenvalue weighted by atomic mass is 14.7. The molecule has 0 aromatic rings. The minimum atomic E-state index is 0.764. The van der Waals surface area contributed by atoms with Crippen LogP contribution in [0.4, 0.5) is 0 Å². The van der Waals surface area contributed by atoms with E-state index in [2.05, 4.69) is 24.1 Å². The Hall–Kier alpha value is -0.850. The number of hydrogen-bond donors (Lipinski definition) is 0. The molecule has 76 valence electrons. The van der Waals surface area contributed by atoms with Gasteiger partial charge in [-0.3, -0.25) is 4.99 Å². The van der Waals surface area contributed by atoms with Crippen LogP contribution in [0.1, 0.15) is 45.4 Å². The molecule has 0 aromatic carbocycles. The third-order valence-electron chi connectivity index (χ3n) is 3.19. The van der Waals surface area contributed by atoms with Gasteiger partial charge in [-0.25, -0.2) is 0 Å². The molecular formula is C13H19N. The summed E-state index contributed by atoms with van der Waals surface area (Å²) < 4.78 is 0. The second kappa shape index (κ2) is 4.59. The maximum Gasteiger partial charge on any atom is 0.0369 e. The van der Waals surface area contributed by atoms with E-state index in [0.717, 1.165) is 12.3 Å². The number of aliphatic imine (C=N–C) groups is 1. The van der Waals surface area contributed by atoms with Gasteiger partial charge in [0.1, 0.15) is 0 Å². The van der Waals surface area contributed by atoms with E-state index in [1.54, 1.807) is 5.57 Å². The predicted octanol–water partition coefficient (Wildman–Crippen LogP) is 3.87. The minimum Gasteiger partial charge on any atom is -0.266 e. The Morgan fingerprint density at radius 1 is 1.50 bits per heavy atom. The number of rotatable bonds is 3. The van der Waals surface area contributed by atoms with Crippen molar-refractivity contribution in [1.29, 1.82) is 0 Å². The highest BCUT2D eigenvalue weighted by Gasteiger charge is 2.14. The zero-order valence-electron chi connectivity index (χ0n) is 9.00. The van der Waals surface area contributed by atoms with Gasteiger partial charge in [0.05, 0.1) is 0 Å². The Bertz CT molecular complexity index is 284. The first kappa shape index (κ1) is 9.70. The summed E-state index contributed by atoms with van der Waals surface area (Å²) in [5.41, 5.74) is 2.97. The van der Waals surface area contributed by atoms with Crippen molar-refractivity contribution >= 4 is 6.21 Å². The highest BCUT2D eigenvalue weighted by Crippen LogP contribution is 2.29. The summed E-state index contributed by atoms with van der Waals surface area (Å²) in [4.78, 5) is 4.39. The molecule has 0 aromatic heterocycles. The molecule has 0 saturated carbocycles. The van der Waals surface area contributed by atoms with Crippen LogP contribution in [0.5, 0.6) is 0 Å². The fraction of sp³-hybridized carbons (Fsp3) is 0.615. The van der Waals surface area contributed by atoms with E-state index in [1.807, 2.05) is 6.21 Å². The molecular weight excluding hydrogens is 170 g/mol. The largest absolute Gasteiger partial charge is 0.266 e. The average Bonchev–Trinajstić information content (AvgIpc) is 2.71. The van der Waals surface area contributed by atoms with Crippen LogP contribution in [0.25, 0.3) is 0 Å².